The number of hydrogen-bond acceptors (Lipinski definition) is 3. The van der Waals surface area contributed by atoms with Crippen molar-refractivity contribution in [3.05, 3.63) is 0 Å². The lowest BCUT2D eigenvalue weighted by Gasteiger charge is -2.28. The zero-order valence-corrected chi connectivity index (χ0v) is 9.00. The van der Waals surface area contributed by atoms with Gasteiger partial charge in [0.2, 0.25) is 5.91 Å². The van der Waals surface area contributed by atoms with Gasteiger partial charge in [0.25, 0.3) is 0 Å². The molecule has 0 aromatic carbocycles. The Labute approximate surface area is 83.7 Å². The molecule has 0 aliphatic heterocycles. The molecule has 0 radical (unpaired) electrons. The molecule has 14 heavy (non-hydrogen) atoms. The van der Waals surface area contributed by atoms with Crippen LogP contribution in [0.25, 0.3) is 0 Å². The zero-order chi connectivity index (χ0) is 11.5. The van der Waals surface area contributed by atoms with Crippen molar-refractivity contribution in [1.82, 2.24) is 5.32 Å². The maximum atomic E-state index is 11.2. The molecule has 0 saturated heterocycles. The van der Waals surface area contributed by atoms with Crippen LogP contribution in [0.2, 0.25) is 0 Å². The topological polar surface area (TPSA) is 92.4 Å². The quantitative estimate of drug-likeness (QED) is 0.598. The number of carbonyl (C=O) groups excluding carboxylic acids is 1. The standard InChI is InChI=1S/C9H18N2O3/c1-5(10)7(12)11-6(8(13)14)9(2,3)4/h5-6H,10H2,1-4H3,(H,11,12)(H,13,14)/t5?,6-/m0/s1. The van der Waals surface area contributed by atoms with E-state index in [1.807, 2.05) is 0 Å². The summed E-state index contributed by atoms with van der Waals surface area (Å²) in [4.78, 5) is 22.1. The minimum Gasteiger partial charge on any atom is -0.480 e. The zero-order valence-electron chi connectivity index (χ0n) is 9.00. The normalized spacial score (nSPS) is 15.8. The van der Waals surface area contributed by atoms with E-state index in [0.717, 1.165) is 0 Å². The SMILES string of the molecule is CC(N)C(=O)N[C@@H](C(=O)O)C(C)(C)C. The first-order chi connectivity index (χ1) is 6.16. The molecule has 5 nitrogen and oxygen atoms in total. The number of nitrogens with one attached hydrogen (secondary N) is 1. The van der Waals surface area contributed by atoms with Crippen LogP contribution in [0.15, 0.2) is 0 Å². The summed E-state index contributed by atoms with van der Waals surface area (Å²) in [5.74, 6) is -1.50. The van der Waals surface area contributed by atoms with Gasteiger partial charge in [0.1, 0.15) is 6.04 Å². The Morgan fingerprint density at radius 3 is 2.00 bits per heavy atom. The summed E-state index contributed by atoms with van der Waals surface area (Å²) in [5.41, 5.74) is 4.79. The van der Waals surface area contributed by atoms with Crippen molar-refractivity contribution >= 4 is 11.9 Å². The third-order valence-electron chi connectivity index (χ3n) is 1.81. The fourth-order valence-corrected chi connectivity index (χ4v) is 0.922. The molecule has 0 aromatic heterocycles. The minimum atomic E-state index is -1.05. The van der Waals surface area contributed by atoms with E-state index in [4.69, 9.17) is 10.8 Å². The highest BCUT2D eigenvalue weighted by molar-refractivity contribution is 5.86. The van der Waals surface area contributed by atoms with Gasteiger partial charge in [0, 0.05) is 0 Å². The molecule has 0 rings (SSSR count). The van der Waals surface area contributed by atoms with Gasteiger partial charge in [-0.05, 0) is 12.3 Å². The molecule has 0 heterocycles. The second kappa shape index (κ2) is 4.41. The number of carboxylic acids is 1. The van der Waals surface area contributed by atoms with Gasteiger partial charge in [-0.3, -0.25) is 4.79 Å². The summed E-state index contributed by atoms with van der Waals surface area (Å²) in [6.45, 7) is 6.74. The number of hydrogen-bond donors (Lipinski definition) is 3. The highest BCUT2D eigenvalue weighted by atomic mass is 16.4. The smallest absolute Gasteiger partial charge is 0.326 e. The monoisotopic (exact) mass is 202 g/mol. The van der Waals surface area contributed by atoms with E-state index in [1.54, 1.807) is 20.8 Å². The minimum absolute atomic E-state index is 0.452. The lowest BCUT2D eigenvalue weighted by atomic mass is 9.86. The van der Waals surface area contributed by atoms with Crippen LogP contribution in [0.4, 0.5) is 0 Å². The summed E-state index contributed by atoms with van der Waals surface area (Å²) < 4.78 is 0. The van der Waals surface area contributed by atoms with Crippen LogP contribution in [0.3, 0.4) is 0 Å². The highest BCUT2D eigenvalue weighted by Gasteiger charge is 2.32. The second-order valence-electron chi connectivity index (χ2n) is 4.43. The van der Waals surface area contributed by atoms with Crippen molar-refractivity contribution in [3.63, 3.8) is 0 Å². The third kappa shape index (κ3) is 3.74. The Bertz CT molecular complexity index is 231. The summed E-state index contributed by atoms with van der Waals surface area (Å²) >= 11 is 0. The molecule has 0 bridgehead atoms. The lowest BCUT2D eigenvalue weighted by molar-refractivity contribution is -0.145. The fraction of sp³-hybridized carbons (Fsp3) is 0.778. The highest BCUT2D eigenvalue weighted by Crippen LogP contribution is 2.19. The van der Waals surface area contributed by atoms with Crippen LogP contribution in [0.5, 0.6) is 0 Å². The summed E-state index contributed by atoms with van der Waals surface area (Å²) in [5, 5.41) is 11.3. The van der Waals surface area contributed by atoms with Crippen molar-refractivity contribution in [2.75, 3.05) is 0 Å². The van der Waals surface area contributed by atoms with Gasteiger partial charge in [-0.25, -0.2) is 4.79 Å². The number of aliphatic carboxylic acids is 1. The van der Waals surface area contributed by atoms with Gasteiger partial charge in [0.15, 0.2) is 0 Å². The average molecular weight is 202 g/mol. The Morgan fingerprint density at radius 2 is 1.79 bits per heavy atom. The number of carbonyl (C=O) groups is 2. The van der Waals surface area contributed by atoms with Crippen molar-refractivity contribution in [2.24, 2.45) is 11.1 Å². The van der Waals surface area contributed by atoms with Gasteiger partial charge in [0.05, 0.1) is 6.04 Å². The Hall–Kier alpha value is -1.10. The van der Waals surface area contributed by atoms with Crippen molar-refractivity contribution in [1.29, 1.82) is 0 Å². The first-order valence-corrected chi connectivity index (χ1v) is 4.45. The molecule has 2 atom stereocenters. The summed E-state index contributed by atoms with van der Waals surface area (Å²) in [6, 6.07) is -1.61. The Kier molecular flexibility index (Phi) is 4.07. The van der Waals surface area contributed by atoms with Crippen LogP contribution >= 0.6 is 0 Å². The Balaban J connectivity index is 4.56. The van der Waals surface area contributed by atoms with E-state index >= 15 is 0 Å². The van der Waals surface area contributed by atoms with Crippen molar-refractivity contribution < 1.29 is 14.7 Å². The molecule has 0 spiro atoms. The summed E-state index contributed by atoms with van der Waals surface area (Å²) in [7, 11) is 0. The molecule has 0 fully saturated rings. The van der Waals surface area contributed by atoms with E-state index in [2.05, 4.69) is 5.32 Å². The molecule has 4 N–H and O–H groups in total. The predicted octanol–water partition coefficient (Wildman–Crippen LogP) is -0.0509. The van der Waals surface area contributed by atoms with Crippen LogP contribution in [0, 0.1) is 5.41 Å². The van der Waals surface area contributed by atoms with E-state index in [9.17, 15) is 9.59 Å². The average Bonchev–Trinajstić information content (AvgIpc) is 1.96. The molecule has 5 heteroatoms. The van der Waals surface area contributed by atoms with Gasteiger partial charge in [-0.2, -0.15) is 0 Å². The molecular weight excluding hydrogens is 184 g/mol. The molecule has 1 amide bonds. The maximum absolute atomic E-state index is 11.2. The maximum Gasteiger partial charge on any atom is 0.326 e. The molecule has 1 unspecified atom stereocenters. The first kappa shape index (κ1) is 12.9. The third-order valence-corrected chi connectivity index (χ3v) is 1.81. The molecule has 0 aliphatic rings. The number of nitrogens with two attached hydrogens (primary N) is 1. The molecule has 0 aliphatic carbocycles. The number of carboxylic acid groups (broad SMARTS) is 1. The lowest BCUT2D eigenvalue weighted by Crippen LogP contribution is -2.52. The van der Waals surface area contributed by atoms with Crippen LogP contribution < -0.4 is 11.1 Å². The first-order valence-electron chi connectivity index (χ1n) is 4.45. The molecule has 82 valence electrons. The van der Waals surface area contributed by atoms with Crippen LogP contribution in [-0.2, 0) is 9.59 Å². The van der Waals surface area contributed by atoms with Gasteiger partial charge >= 0.3 is 5.97 Å². The van der Waals surface area contributed by atoms with E-state index in [0.29, 0.717) is 0 Å². The molecular formula is C9H18N2O3. The van der Waals surface area contributed by atoms with E-state index in [1.165, 1.54) is 6.92 Å². The number of amides is 1. The predicted molar refractivity (Wildman–Crippen MR) is 52.7 cm³/mol. The van der Waals surface area contributed by atoms with E-state index in [-0.39, 0.29) is 0 Å². The fourth-order valence-electron chi connectivity index (χ4n) is 0.922. The van der Waals surface area contributed by atoms with Gasteiger partial charge < -0.3 is 16.2 Å². The number of rotatable bonds is 3. The molecule has 0 saturated carbocycles. The van der Waals surface area contributed by atoms with E-state index < -0.39 is 29.4 Å². The largest absolute Gasteiger partial charge is 0.480 e. The molecule has 0 aromatic rings. The Morgan fingerprint density at radius 1 is 1.36 bits per heavy atom. The van der Waals surface area contributed by atoms with Crippen LogP contribution in [-0.4, -0.2) is 29.1 Å². The summed E-state index contributed by atoms with van der Waals surface area (Å²) in [6.07, 6.45) is 0. The van der Waals surface area contributed by atoms with Gasteiger partial charge in [-0.15, -0.1) is 0 Å². The van der Waals surface area contributed by atoms with Crippen molar-refractivity contribution in [2.45, 2.75) is 39.8 Å². The second-order valence-corrected chi connectivity index (χ2v) is 4.43. The van der Waals surface area contributed by atoms with Gasteiger partial charge in [-0.1, -0.05) is 20.8 Å². The van der Waals surface area contributed by atoms with Crippen LogP contribution in [0.1, 0.15) is 27.7 Å². The van der Waals surface area contributed by atoms with Crippen molar-refractivity contribution in [3.8, 4) is 0 Å².